The van der Waals surface area contributed by atoms with E-state index in [1.807, 2.05) is 0 Å². The summed E-state index contributed by atoms with van der Waals surface area (Å²) >= 11 is 3.52. The second-order valence-electron chi connectivity index (χ2n) is 3.00. The molecule has 1 saturated carbocycles. The Kier molecular flexibility index (Phi) is 3.78. The molecule has 10 heavy (non-hydrogen) atoms. The average molecular weight is 308 g/mol. The third-order valence-electron chi connectivity index (χ3n) is 2.34. The molecule has 1 fully saturated rings. The molecule has 2 radical (unpaired) electrons. The van der Waals surface area contributed by atoms with Crippen molar-refractivity contribution < 1.29 is 0 Å². The molecule has 0 amide bonds. The van der Waals surface area contributed by atoms with Gasteiger partial charge in [-0.1, -0.05) is 0 Å². The fourth-order valence-corrected chi connectivity index (χ4v) is 4.21. The average Bonchev–Trinajstić information content (AvgIpc) is 2.46. The molecule has 0 aromatic carbocycles. The Morgan fingerprint density at radius 1 is 1.70 bits per heavy atom. The summed E-state index contributed by atoms with van der Waals surface area (Å²) in [6, 6.07) is 0. The molecule has 2 heteroatoms. The normalized spacial score (nSPS) is 30.8. The summed E-state index contributed by atoms with van der Waals surface area (Å²) in [7, 11) is 0. The van der Waals surface area contributed by atoms with Crippen LogP contribution >= 0.6 is 12.7 Å². The first-order chi connectivity index (χ1) is 4.77. The zero-order valence-electron chi connectivity index (χ0n) is 6.36. The zero-order valence-corrected chi connectivity index (χ0v) is 10.8. The van der Waals surface area contributed by atoms with Crippen molar-refractivity contribution in [3.05, 3.63) is 12.2 Å². The van der Waals surface area contributed by atoms with Crippen LogP contribution in [0, 0.1) is 11.8 Å². The molecule has 1 aliphatic rings. The third kappa shape index (κ3) is 2.26. The Bertz CT molecular complexity index is 133. The van der Waals surface area contributed by atoms with Gasteiger partial charge in [-0.2, -0.15) is 0 Å². The van der Waals surface area contributed by atoms with E-state index in [0.717, 1.165) is 11.8 Å². The molecule has 1 rings (SSSR count). The zero-order chi connectivity index (χ0) is 7.56. The maximum absolute atomic E-state index is 4.01. The molecule has 0 heterocycles. The Labute approximate surface area is 79.4 Å². The first-order valence-corrected chi connectivity index (χ1v) is 12.2. The molecular weight excluding hydrogens is 295 g/mol. The molecule has 0 nitrogen and oxygen atoms in total. The number of halogens is 1. The molecule has 0 aliphatic heterocycles. The van der Waals surface area contributed by atoms with Crippen molar-refractivity contribution in [2.75, 3.05) is 0 Å². The summed E-state index contributed by atoms with van der Waals surface area (Å²) in [5, 5.41) is 0. The van der Waals surface area contributed by atoms with Gasteiger partial charge in [-0.25, -0.2) is 0 Å². The maximum atomic E-state index is 4.01. The van der Waals surface area contributed by atoms with E-state index in [0.29, 0.717) is 0 Å². The minimum absolute atomic E-state index is 0.0774. The predicted octanol–water partition coefficient (Wildman–Crippen LogP) is 3.02. The van der Waals surface area contributed by atoms with Crippen LogP contribution in [-0.2, 0) is 0 Å². The molecular formula is C8H13BrSn. The van der Waals surface area contributed by atoms with Crippen molar-refractivity contribution in [3.8, 4) is 0 Å². The molecule has 0 bridgehead atoms. The molecule has 0 spiro atoms. The summed E-state index contributed by atoms with van der Waals surface area (Å²) in [5.41, 5.74) is 1.50. The van der Waals surface area contributed by atoms with Gasteiger partial charge in [0.2, 0.25) is 0 Å². The van der Waals surface area contributed by atoms with Crippen LogP contribution in [0.15, 0.2) is 12.2 Å². The number of rotatable bonds is 4. The van der Waals surface area contributed by atoms with Gasteiger partial charge in [0.1, 0.15) is 0 Å². The first-order valence-electron chi connectivity index (χ1n) is 3.79. The van der Waals surface area contributed by atoms with Crippen molar-refractivity contribution in [2.24, 2.45) is 11.8 Å². The van der Waals surface area contributed by atoms with Gasteiger partial charge in [-0.3, -0.25) is 0 Å². The van der Waals surface area contributed by atoms with Gasteiger partial charge >= 0.3 is 79.8 Å². The van der Waals surface area contributed by atoms with Gasteiger partial charge in [-0.05, 0) is 0 Å². The number of hydrogen-bond donors (Lipinski definition) is 0. The summed E-state index contributed by atoms with van der Waals surface area (Å²) < 4.78 is 1.49. The molecule has 2 atom stereocenters. The Morgan fingerprint density at radius 3 is 2.70 bits per heavy atom. The summed E-state index contributed by atoms with van der Waals surface area (Å²) in [6.07, 6.45) is 2.85. The minimum atomic E-state index is -0.0774. The van der Waals surface area contributed by atoms with Crippen LogP contribution in [0.3, 0.4) is 0 Å². The van der Waals surface area contributed by atoms with E-state index >= 15 is 0 Å². The van der Waals surface area contributed by atoms with Crippen LogP contribution in [0.2, 0.25) is 4.44 Å². The van der Waals surface area contributed by atoms with Crippen LogP contribution in [0.4, 0.5) is 0 Å². The summed E-state index contributed by atoms with van der Waals surface area (Å²) in [5.74, 6) is 1.75. The monoisotopic (exact) mass is 308 g/mol. The van der Waals surface area contributed by atoms with E-state index in [1.165, 1.54) is 22.9 Å². The number of allylic oxidation sites excluding steroid dienone is 1. The molecule has 0 aromatic rings. The molecule has 1 aliphatic carbocycles. The van der Waals surface area contributed by atoms with Gasteiger partial charge < -0.3 is 0 Å². The van der Waals surface area contributed by atoms with Crippen molar-refractivity contribution in [3.63, 3.8) is 0 Å². The molecule has 0 N–H and O–H groups in total. The third-order valence-corrected chi connectivity index (χ3v) is 6.55. The van der Waals surface area contributed by atoms with Crippen LogP contribution in [0.5, 0.6) is 0 Å². The second kappa shape index (κ2) is 4.15. The number of hydrogen-bond acceptors (Lipinski definition) is 0. The predicted molar refractivity (Wildman–Crippen MR) is 50.5 cm³/mol. The second-order valence-corrected chi connectivity index (χ2v) is 8.95. The Morgan fingerprint density at radius 2 is 2.30 bits per heavy atom. The van der Waals surface area contributed by atoms with Crippen LogP contribution in [0.25, 0.3) is 0 Å². The standard InChI is InChI=1S/C8H13.BrH.Sn/c1-4-5-8-6(2)7(8)3;;/h7-8H,1-2,4-5H2,3H3;1H;/q;;+1/p-1/t7-,8-;;/m0../s1. The quantitative estimate of drug-likeness (QED) is 0.425. The molecule has 0 saturated heterocycles. The summed E-state index contributed by atoms with van der Waals surface area (Å²) in [6.45, 7) is 6.30. The molecule has 56 valence electrons. The van der Waals surface area contributed by atoms with Gasteiger partial charge in [0, 0.05) is 0 Å². The molecule has 0 unspecified atom stereocenters. The van der Waals surface area contributed by atoms with E-state index in [-0.39, 0.29) is 18.9 Å². The van der Waals surface area contributed by atoms with Crippen LogP contribution < -0.4 is 0 Å². The van der Waals surface area contributed by atoms with Gasteiger partial charge in [0.25, 0.3) is 0 Å². The van der Waals surface area contributed by atoms with Crippen molar-refractivity contribution in [2.45, 2.75) is 24.2 Å². The SMILES string of the molecule is C=C1[C@H](C)[C@H]1CC[CH2][Sn][Br]. The van der Waals surface area contributed by atoms with Gasteiger partial charge in [-0.15, -0.1) is 0 Å². The Hall–Kier alpha value is 1.02. The van der Waals surface area contributed by atoms with Crippen molar-refractivity contribution >= 4 is 31.6 Å². The van der Waals surface area contributed by atoms with E-state index in [1.54, 1.807) is 0 Å². The fourth-order valence-electron chi connectivity index (χ4n) is 1.37. The topological polar surface area (TPSA) is 0 Å². The first kappa shape index (κ1) is 9.11. The van der Waals surface area contributed by atoms with Crippen molar-refractivity contribution in [1.29, 1.82) is 0 Å². The van der Waals surface area contributed by atoms with E-state index < -0.39 is 0 Å². The van der Waals surface area contributed by atoms with Gasteiger partial charge in [0.15, 0.2) is 0 Å². The van der Waals surface area contributed by atoms with Gasteiger partial charge in [0.05, 0.1) is 0 Å². The van der Waals surface area contributed by atoms with E-state index in [4.69, 9.17) is 0 Å². The molecule has 0 aromatic heterocycles. The van der Waals surface area contributed by atoms with E-state index in [2.05, 4.69) is 26.2 Å². The Balaban J connectivity index is 2.01. The fraction of sp³-hybridized carbons (Fsp3) is 0.750. The van der Waals surface area contributed by atoms with Crippen LogP contribution in [0.1, 0.15) is 19.8 Å². The van der Waals surface area contributed by atoms with Crippen molar-refractivity contribution in [1.82, 2.24) is 0 Å². The van der Waals surface area contributed by atoms with Crippen LogP contribution in [-0.4, -0.2) is 18.9 Å². The summed E-state index contributed by atoms with van der Waals surface area (Å²) in [4.78, 5) is 0. The van der Waals surface area contributed by atoms with E-state index in [9.17, 15) is 0 Å².